The summed E-state index contributed by atoms with van der Waals surface area (Å²) < 4.78 is 5.40. The molecule has 1 aliphatic carbocycles. The molecule has 17 heavy (non-hydrogen) atoms. The second-order valence-electron chi connectivity index (χ2n) is 6.14. The maximum absolute atomic E-state index is 5.91. The average molecular weight is 240 g/mol. The lowest BCUT2D eigenvalue weighted by Crippen LogP contribution is -2.46. The summed E-state index contributed by atoms with van der Waals surface area (Å²) in [5.74, 6) is 0.890. The summed E-state index contributed by atoms with van der Waals surface area (Å²) in [5.41, 5.74) is 6.38. The summed E-state index contributed by atoms with van der Waals surface area (Å²) in [6.07, 6.45) is 7.91. The molecule has 1 aliphatic heterocycles. The van der Waals surface area contributed by atoms with Crippen LogP contribution in [0, 0.1) is 11.3 Å². The van der Waals surface area contributed by atoms with Crippen LogP contribution < -0.4 is 5.73 Å². The predicted molar refractivity (Wildman–Crippen MR) is 71.0 cm³/mol. The number of hydrogen-bond acceptors (Lipinski definition) is 3. The van der Waals surface area contributed by atoms with Gasteiger partial charge < -0.3 is 15.4 Å². The monoisotopic (exact) mass is 240 g/mol. The lowest BCUT2D eigenvalue weighted by Gasteiger charge is -2.43. The Morgan fingerprint density at radius 2 is 2.00 bits per heavy atom. The van der Waals surface area contributed by atoms with E-state index in [0.717, 1.165) is 25.7 Å². The molecule has 0 radical (unpaired) electrons. The van der Waals surface area contributed by atoms with Crippen LogP contribution in [-0.2, 0) is 4.74 Å². The normalized spacial score (nSPS) is 24.9. The topological polar surface area (TPSA) is 38.5 Å². The molecule has 0 aromatic heterocycles. The molecule has 100 valence electrons. The van der Waals surface area contributed by atoms with E-state index in [-0.39, 0.29) is 0 Å². The number of rotatable bonds is 6. The van der Waals surface area contributed by atoms with E-state index in [9.17, 15) is 0 Å². The fourth-order valence-corrected chi connectivity index (χ4v) is 3.19. The summed E-state index contributed by atoms with van der Waals surface area (Å²) in [6, 6.07) is 0. The molecule has 2 aliphatic rings. The van der Waals surface area contributed by atoms with E-state index in [1.807, 2.05) is 0 Å². The molecule has 0 unspecified atom stereocenters. The highest BCUT2D eigenvalue weighted by atomic mass is 16.5. The number of hydrogen-bond donors (Lipinski definition) is 1. The summed E-state index contributed by atoms with van der Waals surface area (Å²) >= 11 is 0. The van der Waals surface area contributed by atoms with Gasteiger partial charge in [0.1, 0.15) is 0 Å². The summed E-state index contributed by atoms with van der Waals surface area (Å²) in [7, 11) is 2.26. The Morgan fingerprint density at radius 1 is 1.29 bits per heavy atom. The second-order valence-corrected chi connectivity index (χ2v) is 6.14. The van der Waals surface area contributed by atoms with Crippen molar-refractivity contribution < 1.29 is 4.74 Å². The molecule has 2 fully saturated rings. The van der Waals surface area contributed by atoms with Gasteiger partial charge in [0.15, 0.2) is 0 Å². The standard InChI is InChI=1S/C14H28N2O/c1-16(12-14(11-15)6-2-7-14)8-3-13-4-9-17-10-5-13/h13H,2-12,15H2,1H3. The van der Waals surface area contributed by atoms with Gasteiger partial charge >= 0.3 is 0 Å². The maximum atomic E-state index is 5.91. The molecule has 0 spiro atoms. The molecule has 3 nitrogen and oxygen atoms in total. The molecular formula is C14H28N2O. The van der Waals surface area contributed by atoms with Crippen molar-refractivity contribution >= 4 is 0 Å². The van der Waals surface area contributed by atoms with Crippen molar-refractivity contribution in [1.82, 2.24) is 4.90 Å². The number of nitrogens with zero attached hydrogens (tertiary/aromatic N) is 1. The Hall–Kier alpha value is -0.120. The zero-order valence-corrected chi connectivity index (χ0v) is 11.3. The fraction of sp³-hybridized carbons (Fsp3) is 1.00. The van der Waals surface area contributed by atoms with Gasteiger partial charge in [-0.15, -0.1) is 0 Å². The smallest absolute Gasteiger partial charge is 0.0468 e. The Labute approximate surface area is 106 Å². The molecule has 0 aromatic carbocycles. The molecular weight excluding hydrogens is 212 g/mol. The van der Waals surface area contributed by atoms with Gasteiger partial charge in [0, 0.05) is 19.8 Å². The third-order valence-corrected chi connectivity index (χ3v) is 4.71. The summed E-state index contributed by atoms with van der Waals surface area (Å²) in [5, 5.41) is 0. The van der Waals surface area contributed by atoms with Crippen LogP contribution in [0.2, 0.25) is 0 Å². The van der Waals surface area contributed by atoms with Gasteiger partial charge in [-0.25, -0.2) is 0 Å². The van der Waals surface area contributed by atoms with Crippen molar-refractivity contribution in [2.24, 2.45) is 17.1 Å². The minimum atomic E-state index is 0.463. The first-order valence-electron chi connectivity index (χ1n) is 7.20. The van der Waals surface area contributed by atoms with E-state index in [0.29, 0.717) is 5.41 Å². The Balaban J connectivity index is 1.64. The highest BCUT2D eigenvalue weighted by molar-refractivity contribution is 4.90. The quantitative estimate of drug-likeness (QED) is 0.770. The van der Waals surface area contributed by atoms with Gasteiger partial charge in [-0.3, -0.25) is 0 Å². The molecule has 1 saturated carbocycles. The number of nitrogens with two attached hydrogens (primary N) is 1. The first-order chi connectivity index (χ1) is 8.24. The van der Waals surface area contributed by atoms with E-state index in [1.54, 1.807) is 0 Å². The van der Waals surface area contributed by atoms with Gasteiger partial charge in [0.2, 0.25) is 0 Å². The third-order valence-electron chi connectivity index (χ3n) is 4.71. The van der Waals surface area contributed by atoms with Crippen molar-refractivity contribution in [3.63, 3.8) is 0 Å². The van der Waals surface area contributed by atoms with E-state index in [4.69, 9.17) is 10.5 Å². The van der Waals surface area contributed by atoms with E-state index >= 15 is 0 Å². The maximum Gasteiger partial charge on any atom is 0.0468 e. The molecule has 3 heteroatoms. The van der Waals surface area contributed by atoms with E-state index in [1.165, 1.54) is 51.6 Å². The van der Waals surface area contributed by atoms with Crippen molar-refractivity contribution in [2.75, 3.05) is 39.9 Å². The first-order valence-corrected chi connectivity index (χ1v) is 7.20. The van der Waals surface area contributed by atoms with Crippen LogP contribution in [0.1, 0.15) is 38.5 Å². The van der Waals surface area contributed by atoms with Crippen LogP contribution in [0.3, 0.4) is 0 Å². The van der Waals surface area contributed by atoms with Crippen LogP contribution in [0.25, 0.3) is 0 Å². The SMILES string of the molecule is CN(CCC1CCOCC1)CC1(CN)CCC1. The van der Waals surface area contributed by atoms with Gasteiger partial charge in [0.25, 0.3) is 0 Å². The zero-order chi connectivity index (χ0) is 12.1. The number of ether oxygens (including phenoxy) is 1. The van der Waals surface area contributed by atoms with Crippen LogP contribution in [0.5, 0.6) is 0 Å². The molecule has 2 N–H and O–H groups in total. The Morgan fingerprint density at radius 3 is 2.53 bits per heavy atom. The molecule has 2 rings (SSSR count). The molecule has 0 bridgehead atoms. The van der Waals surface area contributed by atoms with Crippen molar-refractivity contribution in [3.05, 3.63) is 0 Å². The average Bonchev–Trinajstić information content (AvgIpc) is 2.33. The van der Waals surface area contributed by atoms with Crippen molar-refractivity contribution in [2.45, 2.75) is 38.5 Å². The summed E-state index contributed by atoms with van der Waals surface area (Å²) in [4.78, 5) is 2.50. The van der Waals surface area contributed by atoms with E-state index in [2.05, 4.69) is 11.9 Å². The second kappa shape index (κ2) is 6.17. The lowest BCUT2D eigenvalue weighted by atomic mass is 9.68. The summed E-state index contributed by atoms with van der Waals surface area (Å²) in [6.45, 7) is 5.25. The van der Waals surface area contributed by atoms with Crippen LogP contribution in [0.4, 0.5) is 0 Å². The molecule has 0 aromatic rings. The largest absolute Gasteiger partial charge is 0.381 e. The first kappa shape index (κ1) is 13.3. The molecule has 0 amide bonds. The van der Waals surface area contributed by atoms with E-state index < -0.39 is 0 Å². The van der Waals surface area contributed by atoms with Gasteiger partial charge in [-0.2, -0.15) is 0 Å². The van der Waals surface area contributed by atoms with Gasteiger partial charge in [0.05, 0.1) is 0 Å². The highest BCUT2D eigenvalue weighted by Gasteiger charge is 2.36. The van der Waals surface area contributed by atoms with Crippen LogP contribution in [-0.4, -0.2) is 44.8 Å². The highest BCUT2D eigenvalue weighted by Crippen LogP contribution is 2.40. The minimum absolute atomic E-state index is 0.463. The molecule has 0 atom stereocenters. The zero-order valence-electron chi connectivity index (χ0n) is 11.3. The van der Waals surface area contributed by atoms with Crippen LogP contribution >= 0.6 is 0 Å². The third kappa shape index (κ3) is 3.67. The van der Waals surface area contributed by atoms with Crippen molar-refractivity contribution in [3.8, 4) is 0 Å². The fourth-order valence-electron chi connectivity index (χ4n) is 3.19. The van der Waals surface area contributed by atoms with Gasteiger partial charge in [-0.1, -0.05) is 6.42 Å². The molecule has 1 saturated heterocycles. The Kier molecular flexibility index (Phi) is 4.83. The predicted octanol–water partition coefficient (Wildman–Crippen LogP) is 1.86. The lowest BCUT2D eigenvalue weighted by molar-refractivity contribution is 0.0531. The van der Waals surface area contributed by atoms with Crippen LogP contribution in [0.15, 0.2) is 0 Å². The Bertz CT molecular complexity index is 217. The van der Waals surface area contributed by atoms with Crippen molar-refractivity contribution in [1.29, 1.82) is 0 Å². The molecule has 1 heterocycles. The minimum Gasteiger partial charge on any atom is -0.381 e. The van der Waals surface area contributed by atoms with Gasteiger partial charge in [-0.05, 0) is 63.6 Å².